The number of hydrogen-bond donors (Lipinski definition) is 1. The van der Waals surface area contributed by atoms with E-state index >= 15 is 0 Å². The third kappa shape index (κ3) is 2.45. The maximum atomic E-state index is 12.4. The van der Waals surface area contributed by atoms with Crippen LogP contribution in [0.2, 0.25) is 0 Å². The summed E-state index contributed by atoms with van der Waals surface area (Å²) >= 11 is 1.36. The lowest BCUT2D eigenvalue weighted by molar-refractivity contribution is -0.146. The van der Waals surface area contributed by atoms with Gasteiger partial charge in [-0.2, -0.15) is 0 Å². The van der Waals surface area contributed by atoms with E-state index in [2.05, 4.69) is 10.3 Å². The molecule has 0 aromatic carbocycles. The average Bonchev–Trinajstić information content (AvgIpc) is 3.01. The summed E-state index contributed by atoms with van der Waals surface area (Å²) in [6, 6.07) is -0.824. The number of allylic oxidation sites excluding steroid dienone is 2. The summed E-state index contributed by atoms with van der Waals surface area (Å²) in [6.45, 7) is 3.47. The highest BCUT2D eigenvalue weighted by Gasteiger charge is 2.50. The van der Waals surface area contributed by atoms with Crippen LogP contribution in [-0.2, 0) is 14.4 Å². The fourth-order valence-electron chi connectivity index (χ4n) is 2.95. The van der Waals surface area contributed by atoms with Gasteiger partial charge in [0.2, 0.25) is 17.7 Å². The Balaban J connectivity index is 1.74. The van der Waals surface area contributed by atoms with Crippen molar-refractivity contribution in [3.05, 3.63) is 23.2 Å². The average molecular weight is 319 g/mol. The quantitative estimate of drug-likeness (QED) is 0.680. The topological polar surface area (TPSA) is 79.4 Å². The van der Waals surface area contributed by atoms with Crippen molar-refractivity contribution >= 4 is 34.2 Å². The van der Waals surface area contributed by atoms with E-state index in [0.717, 1.165) is 9.78 Å². The van der Waals surface area contributed by atoms with Gasteiger partial charge in [-0.05, 0) is 26.7 Å². The minimum atomic E-state index is -0.824. The smallest absolute Gasteiger partial charge is 0.249 e. The van der Waals surface area contributed by atoms with Crippen LogP contribution in [0.3, 0.4) is 0 Å². The number of imide groups is 1. The second-order valence-corrected chi connectivity index (χ2v) is 6.88. The molecule has 116 valence electrons. The Hall–Kier alpha value is -2.02. The molecule has 1 fully saturated rings. The molecular formula is C15H17N3O3S. The number of fused-ring (bicyclic) bond motifs is 1. The SMILES string of the molecule is Cc1cnc(NC(=O)[C@H](C)N2C(=O)C3CC=CCC3C2=O)s1. The van der Waals surface area contributed by atoms with Crippen LogP contribution in [0.4, 0.5) is 5.13 Å². The van der Waals surface area contributed by atoms with E-state index in [-0.39, 0.29) is 29.6 Å². The number of nitrogens with zero attached hydrogens (tertiary/aromatic N) is 2. The van der Waals surface area contributed by atoms with Gasteiger partial charge in [0.25, 0.3) is 0 Å². The van der Waals surface area contributed by atoms with E-state index < -0.39 is 6.04 Å². The molecule has 1 aromatic heterocycles. The second kappa shape index (κ2) is 5.64. The van der Waals surface area contributed by atoms with E-state index in [4.69, 9.17) is 0 Å². The number of aromatic nitrogens is 1. The first kappa shape index (κ1) is 14.9. The van der Waals surface area contributed by atoms with E-state index in [1.165, 1.54) is 11.3 Å². The van der Waals surface area contributed by atoms with Gasteiger partial charge in [0.05, 0.1) is 11.8 Å². The summed E-state index contributed by atoms with van der Waals surface area (Å²) in [6.07, 6.45) is 6.67. The van der Waals surface area contributed by atoms with Gasteiger partial charge in [-0.1, -0.05) is 12.2 Å². The summed E-state index contributed by atoms with van der Waals surface area (Å²) in [4.78, 5) is 43.3. The van der Waals surface area contributed by atoms with Gasteiger partial charge in [-0.3, -0.25) is 19.3 Å². The molecule has 3 rings (SSSR count). The zero-order valence-electron chi connectivity index (χ0n) is 12.4. The first-order valence-electron chi connectivity index (χ1n) is 7.24. The van der Waals surface area contributed by atoms with Gasteiger partial charge in [-0.15, -0.1) is 11.3 Å². The van der Waals surface area contributed by atoms with Crippen molar-refractivity contribution in [2.75, 3.05) is 5.32 Å². The number of aryl methyl sites for hydroxylation is 1. The summed E-state index contributed by atoms with van der Waals surface area (Å²) < 4.78 is 0. The number of carbonyl (C=O) groups excluding carboxylic acids is 3. The number of rotatable bonds is 3. The summed E-state index contributed by atoms with van der Waals surface area (Å²) in [5.41, 5.74) is 0. The maximum Gasteiger partial charge on any atom is 0.249 e. The van der Waals surface area contributed by atoms with E-state index in [9.17, 15) is 14.4 Å². The Bertz CT molecular complexity index is 641. The lowest BCUT2D eigenvalue weighted by Gasteiger charge is -2.21. The molecule has 2 heterocycles. The predicted octanol–water partition coefficient (Wildman–Crippen LogP) is 1.73. The summed E-state index contributed by atoms with van der Waals surface area (Å²) in [5.74, 6) is -1.48. The zero-order valence-corrected chi connectivity index (χ0v) is 13.2. The molecular weight excluding hydrogens is 302 g/mol. The largest absolute Gasteiger partial charge is 0.300 e. The summed E-state index contributed by atoms with van der Waals surface area (Å²) in [5, 5.41) is 3.15. The molecule has 0 radical (unpaired) electrons. The fourth-order valence-corrected chi connectivity index (χ4v) is 3.61. The van der Waals surface area contributed by atoms with Crippen molar-refractivity contribution in [3.8, 4) is 0 Å². The molecule has 0 saturated carbocycles. The van der Waals surface area contributed by atoms with Crippen molar-refractivity contribution in [2.45, 2.75) is 32.7 Å². The highest BCUT2D eigenvalue weighted by molar-refractivity contribution is 7.15. The monoisotopic (exact) mass is 319 g/mol. The van der Waals surface area contributed by atoms with Crippen LogP contribution < -0.4 is 5.32 Å². The Morgan fingerprint density at radius 1 is 1.32 bits per heavy atom. The van der Waals surface area contributed by atoms with Gasteiger partial charge in [-0.25, -0.2) is 4.98 Å². The lowest BCUT2D eigenvalue weighted by Crippen LogP contribution is -2.46. The predicted molar refractivity (Wildman–Crippen MR) is 82.1 cm³/mol. The first-order valence-corrected chi connectivity index (χ1v) is 8.06. The Morgan fingerprint density at radius 3 is 2.41 bits per heavy atom. The molecule has 0 spiro atoms. The molecule has 3 atom stereocenters. The van der Waals surface area contributed by atoms with Crippen LogP contribution in [0, 0.1) is 18.8 Å². The minimum Gasteiger partial charge on any atom is -0.300 e. The van der Waals surface area contributed by atoms with Gasteiger partial charge in [0, 0.05) is 11.1 Å². The van der Waals surface area contributed by atoms with Crippen LogP contribution in [0.25, 0.3) is 0 Å². The van der Waals surface area contributed by atoms with Crippen molar-refractivity contribution in [1.29, 1.82) is 0 Å². The molecule has 1 N–H and O–H groups in total. The third-order valence-electron chi connectivity index (χ3n) is 4.16. The molecule has 6 nitrogen and oxygen atoms in total. The number of amides is 3. The minimum absolute atomic E-state index is 0.239. The number of nitrogens with one attached hydrogen (secondary N) is 1. The van der Waals surface area contributed by atoms with Crippen molar-refractivity contribution in [2.24, 2.45) is 11.8 Å². The highest BCUT2D eigenvalue weighted by atomic mass is 32.1. The number of hydrogen-bond acceptors (Lipinski definition) is 5. The molecule has 1 aliphatic carbocycles. The Kier molecular flexibility index (Phi) is 3.82. The van der Waals surface area contributed by atoms with Crippen molar-refractivity contribution in [3.63, 3.8) is 0 Å². The van der Waals surface area contributed by atoms with Crippen molar-refractivity contribution < 1.29 is 14.4 Å². The van der Waals surface area contributed by atoms with Crippen LogP contribution >= 0.6 is 11.3 Å². The second-order valence-electron chi connectivity index (χ2n) is 5.64. The maximum absolute atomic E-state index is 12.4. The van der Waals surface area contributed by atoms with E-state index in [1.54, 1.807) is 13.1 Å². The normalized spacial score (nSPS) is 25.3. The molecule has 1 aliphatic heterocycles. The Morgan fingerprint density at radius 2 is 1.91 bits per heavy atom. The van der Waals surface area contributed by atoms with Gasteiger partial charge < -0.3 is 5.32 Å². The summed E-state index contributed by atoms with van der Waals surface area (Å²) in [7, 11) is 0. The fraction of sp³-hybridized carbons (Fsp3) is 0.467. The molecule has 3 amide bonds. The third-order valence-corrected chi connectivity index (χ3v) is 4.99. The number of likely N-dealkylation sites (tertiary alicyclic amines) is 1. The molecule has 2 unspecified atom stereocenters. The standard InChI is InChI=1S/C15H17N3O3S/c1-8-7-16-15(22-8)17-12(19)9(2)18-13(20)10-5-3-4-6-11(10)14(18)21/h3-4,7,9-11H,5-6H2,1-2H3,(H,16,17,19)/t9-,10?,11?/m0/s1. The number of thiazole rings is 1. The zero-order chi connectivity index (χ0) is 15.9. The van der Waals surface area contributed by atoms with Crippen LogP contribution in [-0.4, -0.2) is 33.6 Å². The van der Waals surface area contributed by atoms with E-state index in [0.29, 0.717) is 18.0 Å². The molecule has 22 heavy (non-hydrogen) atoms. The molecule has 2 aliphatic rings. The van der Waals surface area contributed by atoms with Crippen LogP contribution in [0.5, 0.6) is 0 Å². The lowest BCUT2D eigenvalue weighted by atomic mass is 9.85. The first-order chi connectivity index (χ1) is 10.5. The van der Waals surface area contributed by atoms with Crippen LogP contribution in [0.1, 0.15) is 24.6 Å². The van der Waals surface area contributed by atoms with Gasteiger partial charge >= 0.3 is 0 Å². The number of carbonyl (C=O) groups is 3. The van der Waals surface area contributed by atoms with Crippen LogP contribution in [0.15, 0.2) is 18.3 Å². The Labute approximate surface area is 132 Å². The van der Waals surface area contributed by atoms with Gasteiger partial charge in [0.1, 0.15) is 6.04 Å². The molecule has 1 saturated heterocycles. The molecule has 0 bridgehead atoms. The number of anilines is 1. The highest BCUT2D eigenvalue weighted by Crippen LogP contribution is 2.36. The van der Waals surface area contributed by atoms with Gasteiger partial charge in [0.15, 0.2) is 5.13 Å². The molecule has 1 aromatic rings. The van der Waals surface area contributed by atoms with Crippen molar-refractivity contribution in [1.82, 2.24) is 9.88 Å². The molecule has 7 heteroatoms. The van der Waals surface area contributed by atoms with E-state index in [1.807, 2.05) is 19.1 Å².